The van der Waals surface area contributed by atoms with E-state index >= 15 is 0 Å². The molecule has 1 amide bonds. The van der Waals surface area contributed by atoms with E-state index in [9.17, 15) is 15.1 Å². The van der Waals surface area contributed by atoms with Crippen molar-refractivity contribution in [3.63, 3.8) is 0 Å². The van der Waals surface area contributed by atoms with Gasteiger partial charge in [-0.1, -0.05) is 13.8 Å². The molecule has 2 heterocycles. The Morgan fingerprint density at radius 2 is 2.00 bits per heavy atom. The average Bonchev–Trinajstić information content (AvgIpc) is 3.06. The normalized spacial score (nSPS) is 18.4. The largest absolute Gasteiger partial charge is 0.618 e. The Balaban J connectivity index is 1.63. The highest BCUT2D eigenvalue weighted by Crippen LogP contribution is 2.44. The van der Waals surface area contributed by atoms with Crippen LogP contribution in [0.2, 0.25) is 0 Å². The van der Waals surface area contributed by atoms with Gasteiger partial charge in [0.05, 0.1) is 28.5 Å². The van der Waals surface area contributed by atoms with Gasteiger partial charge in [-0.25, -0.2) is 0 Å². The molecule has 0 radical (unpaired) electrons. The number of hydrogen-bond donors (Lipinski definition) is 2. The summed E-state index contributed by atoms with van der Waals surface area (Å²) in [5, 5.41) is 31.5. The van der Waals surface area contributed by atoms with E-state index in [0.29, 0.717) is 16.1 Å². The highest BCUT2D eigenvalue weighted by Gasteiger charge is 2.40. The first kappa shape index (κ1) is 23.0. The number of benzene rings is 1. The van der Waals surface area contributed by atoms with Gasteiger partial charge in [-0.3, -0.25) is 9.48 Å². The van der Waals surface area contributed by atoms with Crippen LogP contribution in [0.25, 0.3) is 10.9 Å². The van der Waals surface area contributed by atoms with Gasteiger partial charge >= 0.3 is 5.91 Å². The molecule has 1 aliphatic rings. The first-order chi connectivity index (χ1) is 15.5. The van der Waals surface area contributed by atoms with Gasteiger partial charge in [-0.15, -0.1) is 0 Å². The van der Waals surface area contributed by atoms with Crippen molar-refractivity contribution in [2.24, 2.45) is 5.92 Å². The van der Waals surface area contributed by atoms with Crippen molar-refractivity contribution in [2.75, 3.05) is 24.3 Å². The van der Waals surface area contributed by atoms with Crippen LogP contribution in [0.15, 0.2) is 36.5 Å². The second-order valence-corrected chi connectivity index (χ2v) is 10.1. The summed E-state index contributed by atoms with van der Waals surface area (Å²) in [4.78, 5) is 14.9. The number of fused-ring (bicyclic) bond motifs is 1. The number of anilines is 2. The zero-order valence-electron chi connectivity index (χ0n) is 20.2. The van der Waals surface area contributed by atoms with Crippen molar-refractivity contribution in [3.05, 3.63) is 53.1 Å². The molecular weight excluding hydrogens is 418 g/mol. The van der Waals surface area contributed by atoms with Gasteiger partial charge in [0.1, 0.15) is 0 Å². The van der Waals surface area contributed by atoms with E-state index in [1.165, 1.54) is 6.07 Å². The summed E-state index contributed by atoms with van der Waals surface area (Å²) in [5.74, 6) is -0.172. The fourth-order valence-electron chi connectivity index (χ4n) is 4.41. The monoisotopic (exact) mass is 451 g/mol. The van der Waals surface area contributed by atoms with Crippen molar-refractivity contribution in [3.8, 4) is 0 Å². The minimum absolute atomic E-state index is 0.0114. The summed E-state index contributed by atoms with van der Waals surface area (Å²) in [6, 6.07) is 9.12. The van der Waals surface area contributed by atoms with Crippen LogP contribution in [-0.2, 0) is 0 Å². The van der Waals surface area contributed by atoms with Crippen molar-refractivity contribution in [1.29, 1.82) is 0 Å². The van der Waals surface area contributed by atoms with Crippen LogP contribution < -0.4 is 14.9 Å². The van der Waals surface area contributed by atoms with Gasteiger partial charge < -0.3 is 20.5 Å². The molecule has 0 saturated heterocycles. The molecule has 0 aliphatic heterocycles. The lowest BCUT2D eigenvalue weighted by Crippen LogP contribution is -2.41. The van der Waals surface area contributed by atoms with E-state index in [-0.39, 0.29) is 23.6 Å². The Morgan fingerprint density at radius 1 is 1.30 bits per heavy atom. The van der Waals surface area contributed by atoms with Crippen molar-refractivity contribution in [2.45, 2.75) is 58.1 Å². The van der Waals surface area contributed by atoms with Crippen LogP contribution in [0, 0.1) is 11.1 Å². The fourth-order valence-corrected chi connectivity index (χ4v) is 4.41. The van der Waals surface area contributed by atoms with Gasteiger partial charge in [0.25, 0.3) is 5.69 Å². The molecule has 176 valence electrons. The van der Waals surface area contributed by atoms with Gasteiger partial charge in [0.15, 0.2) is 5.69 Å². The quantitative estimate of drug-likeness (QED) is 0.438. The molecule has 2 aromatic heterocycles. The second kappa shape index (κ2) is 8.33. The molecule has 0 unspecified atom stereocenters. The predicted octanol–water partition coefficient (Wildman–Crippen LogP) is 3.83. The number of aromatic nitrogens is 3. The first-order valence-corrected chi connectivity index (χ1v) is 11.4. The maximum atomic E-state index is 13.0. The second-order valence-electron chi connectivity index (χ2n) is 10.1. The summed E-state index contributed by atoms with van der Waals surface area (Å²) in [6.45, 7) is 7.56. The van der Waals surface area contributed by atoms with Gasteiger partial charge in [-0.2, -0.15) is 9.83 Å². The highest BCUT2D eigenvalue weighted by molar-refractivity contribution is 6.05. The number of nitrogens with zero attached hydrogens (tertiary/aromatic N) is 4. The minimum atomic E-state index is -0.677. The Labute approximate surface area is 194 Å². The Hall–Kier alpha value is -3.13. The molecule has 0 bridgehead atoms. The molecule has 0 spiro atoms. The van der Waals surface area contributed by atoms with Crippen LogP contribution in [0.4, 0.5) is 11.4 Å². The molecule has 2 N–H and O–H groups in total. The number of rotatable bonds is 6. The van der Waals surface area contributed by atoms with Crippen LogP contribution in [0.1, 0.15) is 68.7 Å². The van der Waals surface area contributed by atoms with E-state index < -0.39 is 11.5 Å². The fraction of sp³-hybridized carbons (Fsp3) is 0.480. The lowest BCUT2D eigenvalue weighted by atomic mass is 9.71. The zero-order chi connectivity index (χ0) is 24.1. The summed E-state index contributed by atoms with van der Waals surface area (Å²) < 4.78 is 2.68. The summed E-state index contributed by atoms with van der Waals surface area (Å²) in [7, 11) is 3.81. The van der Waals surface area contributed by atoms with Crippen molar-refractivity contribution < 1.29 is 14.6 Å². The van der Waals surface area contributed by atoms with Crippen LogP contribution in [0.3, 0.4) is 0 Å². The molecule has 8 heteroatoms. The standard InChI is InChI=1S/C25H33N5O3/c1-15(2)21-8-7-9-22(30(21)33)24(31)26-20-10-16-14-29(18-11-17(12-18)25(3,4)32)27-19(16)13-23(20)28(5)6/h7-10,13-15,17-18,32H,11-12H2,1-6H3,(H,26,31). The molecular formula is C25H33N5O3. The summed E-state index contributed by atoms with van der Waals surface area (Å²) in [6.07, 6.45) is 3.76. The van der Waals surface area contributed by atoms with E-state index in [2.05, 4.69) is 5.32 Å². The average molecular weight is 452 g/mol. The Morgan fingerprint density at radius 3 is 2.61 bits per heavy atom. The number of hydrogen-bond acceptors (Lipinski definition) is 5. The molecule has 1 saturated carbocycles. The maximum absolute atomic E-state index is 13.0. The smallest absolute Gasteiger partial charge is 0.321 e. The van der Waals surface area contributed by atoms with Gasteiger partial charge in [0, 0.05) is 43.7 Å². The molecule has 33 heavy (non-hydrogen) atoms. The Kier molecular flexibility index (Phi) is 5.82. The number of carbonyl (C=O) groups excluding carboxylic acids is 1. The molecule has 8 nitrogen and oxygen atoms in total. The highest BCUT2D eigenvalue weighted by atomic mass is 16.5. The van der Waals surface area contributed by atoms with Gasteiger partial charge in [-0.05, 0) is 50.8 Å². The molecule has 3 aromatic rings. The lowest BCUT2D eigenvalue weighted by Gasteiger charge is -2.42. The number of amides is 1. The summed E-state index contributed by atoms with van der Waals surface area (Å²) >= 11 is 0. The third kappa shape index (κ3) is 4.39. The SMILES string of the molecule is CC(C)c1cccc(C(=O)Nc2cc3cn(C4CC(C(C)(C)O)C4)nc3cc2N(C)C)[n+]1[O-]. The van der Waals surface area contributed by atoms with E-state index in [1.54, 1.807) is 12.1 Å². The first-order valence-electron chi connectivity index (χ1n) is 11.4. The summed E-state index contributed by atoms with van der Waals surface area (Å²) in [5.41, 5.74) is 2.20. The Bertz CT molecular complexity index is 1190. The van der Waals surface area contributed by atoms with E-state index in [4.69, 9.17) is 5.10 Å². The third-order valence-corrected chi connectivity index (χ3v) is 6.65. The predicted molar refractivity (Wildman–Crippen MR) is 130 cm³/mol. The number of aliphatic hydroxyl groups is 1. The molecule has 1 fully saturated rings. The lowest BCUT2D eigenvalue weighted by molar-refractivity contribution is -0.617. The van der Waals surface area contributed by atoms with Crippen molar-refractivity contribution in [1.82, 2.24) is 9.78 Å². The van der Waals surface area contributed by atoms with Gasteiger partial charge in [0.2, 0.25) is 0 Å². The van der Waals surface area contributed by atoms with E-state index in [0.717, 1.165) is 29.4 Å². The zero-order valence-corrected chi connectivity index (χ0v) is 20.2. The van der Waals surface area contributed by atoms with E-state index in [1.807, 2.05) is 69.7 Å². The minimum Gasteiger partial charge on any atom is -0.618 e. The van der Waals surface area contributed by atoms with Crippen LogP contribution in [0.5, 0.6) is 0 Å². The molecule has 0 atom stereocenters. The topological polar surface area (TPSA) is 97.3 Å². The van der Waals surface area contributed by atoms with Crippen molar-refractivity contribution >= 4 is 28.2 Å². The molecule has 4 rings (SSSR count). The third-order valence-electron chi connectivity index (χ3n) is 6.65. The van der Waals surface area contributed by atoms with Crippen LogP contribution in [-0.4, -0.2) is 40.5 Å². The molecule has 1 aliphatic carbocycles. The molecule has 1 aromatic carbocycles. The van der Waals surface area contributed by atoms with Crippen LogP contribution >= 0.6 is 0 Å². The maximum Gasteiger partial charge on any atom is 0.321 e. The number of nitrogens with one attached hydrogen (secondary N) is 1. The number of pyridine rings is 1. The number of carbonyl (C=O) groups is 1.